The van der Waals surface area contributed by atoms with E-state index < -0.39 is 5.97 Å². The SMILES string of the molecule is C.CC#C[C@@H](CC(=O)O)c1ccc(OC2CCc3c(C)cccc32)cc1.CC#C[C@@H](CC(=O)OC)c1ccc(O)cc1.CC#C[C@@H](CC(=O)OC)c1ccc(OC2CCc3c(C)cccc32)cc1.Cc1cccc2c1CCC2O. The summed E-state index contributed by atoms with van der Waals surface area (Å²) < 4.78 is 21.8. The molecule has 0 fully saturated rings. The summed E-state index contributed by atoms with van der Waals surface area (Å²) in [5, 5.41) is 27.7. The first-order chi connectivity index (χ1) is 37.7. The van der Waals surface area contributed by atoms with Crippen LogP contribution in [0.4, 0.5) is 0 Å². The molecule has 0 heterocycles. The van der Waals surface area contributed by atoms with Crippen LogP contribution in [0.25, 0.3) is 0 Å². The number of aliphatic hydroxyl groups is 1. The summed E-state index contributed by atoms with van der Waals surface area (Å²) in [6, 6.07) is 41.2. The van der Waals surface area contributed by atoms with Crippen LogP contribution in [0, 0.1) is 56.3 Å². The van der Waals surface area contributed by atoms with Gasteiger partial charge in [0.1, 0.15) is 29.5 Å². The van der Waals surface area contributed by atoms with E-state index in [2.05, 4.69) is 103 Å². The summed E-state index contributed by atoms with van der Waals surface area (Å²) in [6.45, 7) is 11.6. The fourth-order valence-electron chi connectivity index (χ4n) is 10.2. The smallest absolute Gasteiger partial charge is 0.307 e. The van der Waals surface area contributed by atoms with Crippen LogP contribution in [0.3, 0.4) is 0 Å². The van der Waals surface area contributed by atoms with Crippen LogP contribution < -0.4 is 9.47 Å². The van der Waals surface area contributed by atoms with Crippen LogP contribution in [0.2, 0.25) is 0 Å². The number of hydrogen-bond donors (Lipinski definition) is 3. The third-order valence-corrected chi connectivity index (χ3v) is 14.3. The number of benzene rings is 6. The first kappa shape index (κ1) is 61.6. The van der Waals surface area contributed by atoms with Gasteiger partial charge in [-0.25, -0.2) is 0 Å². The zero-order valence-electron chi connectivity index (χ0n) is 46.2. The second kappa shape index (κ2) is 30.6. The molecule has 10 nitrogen and oxygen atoms in total. The van der Waals surface area contributed by atoms with Crippen LogP contribution in [-0.4, -0.2) is 47.4 Å². The van der Waals surface area contributed by atoms with E-state index in [-0.39, 0.29) is 80.4 Å². The van der Waals surface area contributed by atoms with Gasteiger partial charge in [-0.2, -0.15) is 0 Å². The number of carbonyl (C=O) groups is 3. The highest BCUT2D eigenvalue weighted by Gasteiger charge is 2.27. The lowest BCUT2D eigenvalue weighted by molar-refractivity contribution is -0.141. The lowest BCUT2D eigenvalue weighted by Crippen LogP contribution is -2.08. The van der Waals surface area contributed by atoms with Crippen molar-refractivity contribution >= 4 is 17.9 Å². The van der Waals surface area contributed by atoms with Crippen LogP contribution in [0.5, 0.6) is 17.2 Å². The van der Waals surface area contributed by atoms with Gasteiger partial charge in [0.15, 0.2) is 0 Å². The predicted octanol–water partition coefficient (Wildman–Crippen LogP) is 14.0. The van der Waals surface area contributed by atoms with E-state index in [0.717, 1.165) is 72.3 Å². The third kappa shape index (κ3) is 17.4. The Hall–Kier alpha value is -8.23. The van der Waals surface area contributed by atoms with Gasteiger partial charge in [-0.15, -0.1) is 17.8 Å². The van der Waals surface area contributed by atoms with Gasteiger partial charge in [-0.1, -0.05) is 116 Å². The minimum atomic E-state index is -0.842. The third-order valence-electron chi connectivity index (χ3n) is 14.3. The lowest BCUT2D eigenvalue weighted by atomic mass is 9.96. The number of aliphatic hydroxyl groups excluding tert-OH is 1. The zero-order valence-corrected chi connectivity index (χ0v) is 46.2. The molecule has 0 aliphatic heterocycles. The largest absolute Gasteiger partial charge is 0.508 e. The first-order valence-electron chi connectivity index (χ1n) is 26.5. The minimum absolute atomic E-state index is 0. The van der Waals surface area contributed by atoms with Crippen molar-refractivity contribution in [1.82, 2.24) is 0 Å². The normalized spacial score (nSPS) is 15.8. The summed E-state index contributed by atoms with van der Waals surface area (Å²) in [5.74, 6) is 17.3. The summed E-state index contributed by atoms with van der Waals surface area (Å²) in [7, 11) is 2.76. The van der Waals surface area contributed by atoms with Gasteiger partial charge in [-0.05, 0) is 183 Å². The van der Waals surface area contributed by atoms with Gasteiger partial charge in [0.25, 0.3) is 0 Å². The van der Waals surface area contributed by atoms with Crippen molar-refractivity contribution in [3.63, 3.8) is 0 Å². The van der Waals surface area contributed by atoms with Crippen molar-refractivity contribution in [2.75, 3.05) is 14.2 Å². The summed E-state index contributed by atoms with van der Waals surface area (Å²) >= 11 is 0. The number of ether oxygens (including phenoxy) is 4. The Morgan fingerprint density at radius 2 is 0.848 bits per heavy atom. The molecule has 6 aromatic carbocycles. The van der Waals surface area contributed by atoms with Crippen molar-refractivity contribution in [2.24, 2.45) is 0 Å². The monoisotopic (exact) mass is 1060 g/mol. The maximum Gasteiger partial charge on any atom is 0.307 e. The Labute approximate surface area is 468 Å². The fourth-order valence-corrected chi connectivity index (χ4v) is 10.2. The maximum absolute atomic E-state index is 11.6. The topological polar surface area (TPSA) is 149 Å². The molecule has 0 saturated carbocycles. The molecule has 79 heavy (non-hydrogen) atoms. The highest BCUT2D eigenvalue weighted by Crippen LogP contribution is 2.39. The van der Waals surface area contributed by atoms with E-state index >= 15 is 0 Å². The molecule has 0 aromatic heterocycles. The number of fused-ring (bicyclic) bond motifs is 3. The number of aromatic hydroxyl groups is 1. The summed E-state index contributed by atoms with van der Waals surface area (Å²) in [5.41, 5.74) is 14.7. The molecule has 412 valence electrons. The number of aliphatic carboxylic acids is 1. The lowest BCUT2D eigenvalue weighted by Gasteiger charge is -2.16. The summed E-state index contributed by atoms with van der Waals surface area (Å²) in [6.07, 6.45) is 6.55. The highest BCUT2D eigenvalue weighted by molar-refractivity contribution is 5.72. The van der Waals surface area contributed by atoms with Crippen LogP contribution in [0.1, 0.15) is 170 Å². The second-order valence-corrected chi connectivity index (χ2v) is 19.5. The van der Waals surface area contributed by atoms with Crippen LogP contribution in [0.15, 0.2) is 127 Å². The molecule has 0 amide bonds. The Kier molecular flexibility index (Phi) is 23.9. The number of esters is 2. The van der Waals surface area contributed by atoms with E-state index in [1.54, 1.807) is 45.0 Å². The van der Waals surface area contributed by atoms with Gasteiger partial charge >= 0.3 is 17.9 Å². The van der Waals surface area contributed by atoms with E-state index in [4.69, 9.17) is 24.4 Å². The van der Waals surface area contributed by atoms with Crippen molar-refractivity contribution < 1.29 is 48.7 Å². The van der Waals surface area contributed by atoms with Crippen molar-refractivity contribution in [3.05, 3.63) is 194 Å². The zero-order chi connectivity index (χ0) is 56.1. The fraction of sp³-hybridized carbons (Fsp3) is 0.348. The van der Waals surface area contributed by atoms with E-state index in [0.29, 0.717) is 0 Å². The Morgan fingerprint density at radius 3 is 1.20 bits per heavy atom. The number of phenols is 1. The molecule has 3 aliphatic carbocycles. The number of rotatable bonds is 13. The number of phenolic OH excluding ortho intramolecular Hbond substituents is 1. The number of carboxylic acids is 1. The Morgan fingerprint density at radius 1 is 0.506 bits per heavy atom. The molecule has 6 aromatic rings. The molecular formula is C69H76O10. The van der Waals surface area contributed by atoms with Crippen molar-refractivity contribution in [2.45, 2.75) is 143 Å². The average molecular weight is 1070 g/mol. The van der Waals surface area contributed by atoms with E-state index in [9.17, 15) is 19.5 Å². The molecule has 3 unspecified atom stereocenters. The van der Waals surface area contributed by atoms with Crippen LogP contribution in [-0.2, 0) is 43.1 Å². The van der Waals surface area contributed by atoms with Gasteiger partial charge in [0, 0.05) is 0 Å². The number of methoxy groups -OCH3 is 2. The summed E-state index contributed by atoms with van der Waals surface area (Å²) in [4.78, 5) is 33.8. The molecule has 0 radical (unpaired) electrons. The number of aryl methyl sites for hydroxylation is 3. The number of carboxylic acid groups (broad SMARTS) is 1. The van der Waals surface area contributed by atoms with Gasteiger partial charge in [0.05, 0.1) is 57.3 Å². The molecule has 3 N–H and O–H groups in total. The second-order valence-electron chi connectivity index (χ2n) is 19.5. The van der Waals surface area contributed by atoms with Crippen LogP contribution >= 0.6 is 0 Å². The van der Waals surface area contributed by atoms with Gasteiger partial charge in [-0.3, -0.25) is 14.4 Å². The molecule has 0 spiro atoms. The van der Waals surface area contributed by atoms with Crippen molar-refractivity contribution in [3.8, 4) is 52.8 Å². The molecular weight excluding hydrogens is 989 g/mol. The van der Waals surface area contributed by atoms with Gasteiger partial charge < -0.3 is 34.3 Å². The number of hydrogen-bond acceptors (Lipinski definition) is 9. The molecule has 3 aliphatic rings. The number of carbonyl (C=O) groups excluding carboxylic acids is 2. The predicted molar refractivity (Wildman–Crippen MR) is 312 cm³/mol. The molecule has 6 atom stereocenters. The minimum Gasteiger partial charge on any atom is -0.508 e. The first-order valence-corrected chi connectivity index (χ1v) is 26.5. The molecule has 0 saturated heterocycles. The van der Waals surface area contributed by atoms with E-state index in [1.165, 1.54) is 58.7 Å². The van der Waals surface area contributed by atoms with E-state index in [1.807, 2.05) is 60.7 Å². The quantitative estimate of drug-likeness (QED) is 0.0754. The Bertz CT molecular complexity index is 3180. The standard InChI is InChI=1S/C23H24O3.C22H22O3.C13H14O3.C10H12O.CH4/c1-4-6-18(15-23(24)25-3)17-9-11-19(12-10-17)26-22-14-13-20-16(2)7-5-8-21(20)22;1-3-5-17(14-22(23)24)16-8-10-18(11-9-16)25-21-13-12-19-15(2)6-4-7-20(19)21;1-3-4-11(9-13(15)16-2)10-5-7-12(14)8-6-10;1-7-3-2-4-9-8(7)5-6-10(9)11;/h5,7-12,18,22H,13-15H2,1-3H3;4,6-11,17,21H,12-14H2,1-2H3,(H,23,24);5-8,11,14H,9H2,1-2H3;2-4,10-11H,5-6H2,1H3;1H4/t18-,22?;17-,21?;11-;;/m000../s1. The maximum atomic E-state index is 11.6. The Balaban J connectivity index is 0.000000202. The molecule has 0 bridgehead atoms. The van der Waals surface area contributed by atoms with Gasteiger partial charge in [0.2, 0.25) is 0 Å². The van der Waals surface area contributed by atoms with Crippen molar-refractivity contribution in [1.29, 1.82) is 0 Å². The average Bonchev–Trinajstić information content (AvgIpc) is 4.26. The molecule has 10 heteroatoms. The highest BCUT2D eigenvalue weighted by atomic mass is 16.5. The molecule has 9 rings (SSSR count).